The Balaban J connectivity index is 1.35. The summed E-state index contributed by atoms with van der Waals surface area (Å²) in [6, 6.07) is 27.4. The van der Waals surface area contributed by atoms with Crippen molar-refractivity contribution in [3.63, 3.8) is 0 Å². The Morgan fingerprint density at radius 1 is 0.824 bits per heavy atom. The topological polar surface area (TPSA) is 262 Å². The minimum atomic E-state index is -5.02. The predicted octanol–water partition coefficient (Wildman–Crippen LogP) is 6.83. The molecule has 5 aromatic carbocycles. The van der Waals surface area contributed by atoms with Crippen molar-refractivity contribution in [1.29, 1.82) is 0 Å². The molecular weight excluding hydrogens is 993 g/mol. The second-order valence-corrected chi connectivity index (χ2v) is 22.3. The lowest BCUT2D eigenvalue weighted by Crippen LogP contribution is -2.39. The maximum Gasteiger partial charge on any atom is 0.407 e. The van der Waals surface area contributed by atoms with Crippen LogP contribution in [0.25, 0.3) is 33.5 Å². The number of nitrogens with one attached hydrogen (secondary N) is 3. The number of benzene rings is 5. The summed E-state index contributed by atoms with van der Waals surface area (Å²) in [4.78, 5) is 34.0. The summed E-state index contributed by atoms with van der Waals surface area (Å²) in [5.74, 6) is 1.95. The van der Waals surface area contributed by atoms with Crippen LogP contribution < -0.4 is 24.2 Å². The normalized spacial score (nSPS) is 14.5. The van der Waals surface area contributed by atoms with Crippen molar-refractivity contribution >= 4 is 43.3 Å². The fourth-order valence-electron chi connectivity index (χ4n) is 8.57. The number of fused-ring (bicyclic) bond motifs is 1. The van der Waals surface area contributed by atoms with Crippen LogP contribution in [0.2, 0.25) is 0 Å². The number of likely N-dealkylation sites (tertiary alicyclic amines) is 1. The first-order chi connectivity index (χ1) is 35.2. The van der Waals surface area contributed by atoms with Gasteiger partial charge in [0.15, 0.2) is 0 Å². The van der Waals surface area contributed by atoms with Gasteiger partial charge in [0.2, 0.25) is 25.9 Å². The molecule has 7 aromatic rings. The van der Waals surface area contributed by atoms with Crippen LogP contribution in [0.1, 0.15) is 56.6 Å². The number of rotatable bonds is 19. The average molecular weight is 1050 g/mol. The van der Waals surface area contributed by atoms with Crippen LogP contribution in [0.15, 0.2) is 113 Å². The quantitative estimate of drug-likeness (QED) is 0.0647. The van der Waals surface area contributed by atoms with Crippen molar-refractivity contribution in [2.45, 2.75) is 87.6 Å². The Morgan fingerprint density at radius 2 is 1.42 bits per heavy atom. The number of hydrogen-bond donors (Lipinski definition) is 4. The molecule has 2 amide bonds. The molecule has 0 spiro atoms. The van der Waals surface area contributed by atoms with Gasteiger partial charge in [0.05, 0.1) is 44.5 Å². The second-order valence-electron chi connectivity index (χ2n) is 18.7. The molecule has 0 bridgehead atoms. The van der Waals surface area contributed by atoms with Gasteiger partial charge < -0.3 is 39.3 Å². The van der Waals surface area contributed by atoms with E-state index in [1.165, 1.54) is 35.5 Å². The molecule has 0 aliphatic carbocycles. The second kappa shape index (κ2) is 21.9. The van der Waals surface area contributed by atoms with E-state index >= 15 is 16.8 Å². The number of para-hydroxylation sites is 1. The van der Waals surface area contributed by atoms with E-state index in [4.69, 9.17) is 29.0 Å². The highest BCUT2D eigenvalue weighted by atomic mass is 32.2. The van der Waals surface area contributed by atoms with Crippen molar-refractivity contribution in [2.24, 2.45) is 0 Å². The summed E-state index contributed by atoms with van der Waals surface area (Å²) >= 11 is 0. The number of aromatic amines is 1. The molecule has 1 aliphatic rings. The van der Waals surface area contributed by atoms with Crippen LogP contribution in [0.3, 0.4) is 0 Å². The number of hydrogen-bond acceptors (Lipinski definition) is 14. The van der Waals surface area contributed by atoms with Crippen LogP contribution in [0.5, 0.6) is 17.2 Å². The lowest BCUT2D eigenvalue weighted by Gasteiger charge is -2.26. The Morgan fingerprint density at radius 3 is 1.97 bits per heavy atom. The molecule has 23 heteroatoms. The fourth-order valence-corrected chi connectivity index (χ4v) is 12.2. The van der Waals surface area contributed by atoms with E-state index in [9.17, 15) is 14.7 Å². The van der Waals surface area contributed by atoms with Gasteiger partial charge in [-0.3, -0.25) is 0 Å². The summed E-state index contributed by atoms with van der Waals surface area (Å²) in [7, 11) is -5.26. The number of carbonyl (C=O) groups excluding carboxylic acids is 1. The minimum absolute atomic E-state index is 0.0576. The van der Waals surface area contributed by atoms with Crippen molar-refractivity contribution in [1.82, 2.24) is 49.4 Å². The van der Waals surface area contributed by atoms with Crippen LogP contribution >= 0.6 is 0 Å². The smallest absolute Gasteiger partial charge is 0.407 e. The van der Waals surface area contributed by atoms with Gasteiger partial charge in [0.25, 0.3) is 0 Å². The molecule has 21 nitrogen and oxygen atoms in total. The number of ether oxygens (including phenoxy) is 4. The van der Waals surface area contributed by atoms with E-state index in [0.717, 1.165) is 10.5 Å². The Hall–Kier alpha value is -7.60. The zero-order valence-corrected chi connectivity index (χ0v) is 43.5. The van der Waals surface area contributed by atoms with E-state index in [0.29, 0.717) is 50.8 Å². The number of alkyl carbamates (subject to hydrolysis) is 1. The number of H-pyrrole nitrogens is 1. The first-order valence-electron chi connectivity index (χ1n) is 23.6. The molecule has 1 fully saturated rings. The lowest BCUT2D eigenvalue weighted by atomic mass is 9.98. The number of sulfonamides is 2. The molecule has 1 saturated heterocycles. The molecule has 1 unspecified atom stereocenters. The third-order valence-corrected chi connectivity index (χ3v) is 15.7. The highest BCUT2D eigenvalue weighted by Crippen LogP contribution is 2.43. The summed E-state index contributed by atoms with van der Waals surface area (Å²) < 4.78 is 88.1. The Labute approximate surface area is 428 Å². The molecule has 4 N–H and O–H groups in total. The maximum absolute atomic E-state index is 16.3. The van der Waals surface area contributed by atoms with Gasteiger partial charge in [0.1, 0.15) is 38.5 Å². The van der Waals surface area contributed by atoms with E-state index in [-0.39, 0.29) is 62.5 Å². The van der Waals surface area contributed by atoms with Crippen molar-refractivity contribution < 1.29 is 50.5 Å². The first-order valence-corrected chi connectivity index (χ1v) is 26.5. The standard InChI is InChI=1S/C51H58N10O11S2/c1-32(52-49(62)72-51(2,3)4)27-44-53-42-10-8-9-41(46(42)54-44)40-23-24-43(73(65,66)57-36-25-26-59(31-36)50(63)64)47(45(40)48-55-58-61(56-48)30-35-15-21-39(71-7)22-16-35)74(67,68)60(28-33-11-17-37(69-5)18-12-33)29-34-13-19-38(70-6)20-14-34/h8-24,32,36,57H,25-31H2,1-7H3,(H,52,62)(H,53,54)(H,63,64)/t32?,36-/m1/s1. The SMILES string of the molecule is COc1ccc(CN(Cc2ccc(OC)cc2)S(=O)(=O)c2c(S(=O)(=O)N[C@@H]3CCN(C(=O)O)C3)ccc(-c3cccc4[nH]c(CC(C)NC(=O)OC(C)(C)C)nc34)c2-c2nnn(Cc3ccc(OC)cc3)n2)cc1. The zero-order chi connectivity index (χ0) is 53.0. The monoisotopic (exact) mass is 1050 g/mol. The molecule has 3 heterocycles. The number of aromatic nitrogens is 6. The summed E-state index contributed by atoms with van der Waals surface area (Å²) in [6.45, 7) is 6.60. The van der Waals surface area contributed by atoms with Gasteiger partial charge in [0, 0.05) is 50.2 Å². The van der Waals surface area contributed by atoms with Gasteiger partial charge in [-0.1, -0.05) is 54.6 Å². The molecule has 0 radical (unpaired) electrons. The van der Waals surface area contributed by atoms with E-state index in [2.05, 4.69) is 25.3 Å². The average Bonchev–Trinajstić information content (AvgIpc) is 4.14. The number of carbonyl (C=O) groups is 2. The molecule has 2 atom stereocenters. The largest absolute Gasteiger partial charge is 0.497 e. The van der Waals surface area contributed by atoms with Gasteiger partial charge in [-0.05, 0) is 110 Å². The summed E-state index contributed by atoms with van der Waals surface area (Å²) in [6.07, 6.45) is -1.44. The first kappa shape index (κ1) is 52.7. The zero-order valence-electron chi connectivity index (χ0n) is 41.9. The molecule has 2 aromatic heterocycles. The molecule has 0 saturated carbocycles. The molecule has 74 heavy (non-hydrogen) atoms. The maximum atomic E-state index is 16.3. The number of imidazole rings is 1. The third-order valence-electron chi connectivity index (χ3n) is 12.1. The Kier molecular flexibility index (Phi) is 15.6. The number of carboxylic acid groups (broad SMARTS) is 1. The van der Waals surface area contributed by atoms with Crippen molar-refractivity contribution in [2.75, 3.05) is 34.4 Å². The van der Waals surface area contributed by atoms with E-state index in [1.54, 1.807) is 114 Å². The molecule has 1 aliphatic heterocycles. The highest BCUT2D eigenvalue weighted by molar-refractivity contribution is 7.92. The minimum Gasteiger partial charge on any atom is -0.497 e. The van der Waals surface area contributed by atoms with Gasteiger partial charge in [-0.15, -0.1) is 10.2 Å². The van der Waals surface area contributed by atoms with Gasteiger partial charge in [-0.2, -0.15) is 9.10 Å². The van der Waals surface area contributed by atoms with E-state index < -0.39 is 59.7 Å². The number of nitrogens with zero attached hydrogens (tertiary/aromatic N) is 7. The van der Waals surface area contributed by atoms with Crippen molar-refractivity contribution in [3.05, 3.63) is 126 Å². The van der Waals surface area contributed by atoms with E-state index in [1.807, 2.05) is 12.1 Å². The summed E-state index contributed by atoms with van der Waals surface area (Å²) in [5, 5.41) is 26.2. The fraction of sp³-hybridized carbons (Fsp3) is 0.333. The van der Waals surface area contributed by atoms with Gasteiger partial charge >= 0.3 is 12.2 Å². The molecular formula is C51H58N10O11S2. The van der Waals surface area contributed by atoms with Crippen LogP contribution in [-0.2, 0) is 50.8 Å². The van der Waals surface area contributed by atoms with Crippen LogP contribution in [0, 0.1) is 0 Å². The van der Waals surface area contributed by atoms with Crippen molar-refractivity contribution in [3.8, 4) is 39.8 Å². The number of amides is 2. The highest BCUT2D eigenvalue weighted by Gasteiger charge is 2.40. The molecule has 390 valence electrons. The number of methoxy groups -OCH3 is 3. The van der Waals surface area contributed by atoms with Gasteiger partial charge in [-0.25, -0.2) is 36.1 Å². The van der Waals surface area contributed by atoms with Crippen LogP contribution in [0.4, 0.5) is 9.59 Å². The third kappa shape index (κ3) is 12.2. The summed E-state index contributed by atoms with van der Waals surface area (Å²) in [5.41, 5.74) is 2.47. The lowest BCUT2D eigenvalue weighted by molar-refractivity contribution is 0.0508. The predicted molar refractivity (Wildman–Crippen MR) is 274 cm³/mol. The van der Waals surface area contributed by atoms with Crippen LogP contribution in [-0.4, -0.2) is 126 Å². The molecule has 8 rings (SSSR count). The Bertz CT molecular complexity index is 3310. The number of tetrazole rings is 1.